The number of hydrogen-bond acceptors (Lipinski definition) is 4. The van der Waals surface area contributed by atoms with E-state index in [0.29, 0.717) is 17.3 Å². The Hall–Kier alpha value is -2.76. The average molecular weight is 321 g/mol. The number of aryl methyl sites for hydroxylation is 1. The first kappa shape index (κ1) is 14.8. The van der Waals surface area contributed by atoms with Crippen molar-refractivity contribution in [3.05, 3.63) is 47.7 Å². The Morgan fingerprint density at radius 2 is 2.08 bits per heavy atom. The lowest BCUT2D eigenvalue weighted by Gasteiger charge is -2.13. The van der Waals surface area contributed by atoms with Crippen LogP contribution in [0, 0.1) is 6.92 Å². The summed E-state index contributed by atoms with van der Waals surface area (Å²) in [6, 6.07) is 9.68. The van der Waals surface area contributed by atoms with Crippen LogP contribution in [-0.4, -0.2) is 31.9 Å². The van der Waals surface area contributed by atoms with Crippen LogP contribution >= 0.6 is 0 Å². The molecule has 122 valence electrons. The zero-order valence-corrected chi connectivity index (χ0v) is 13.6. The van der Waals surface area contributed by atoms with Gasteiger partial charge in [-0.2, -0.15) is 4.68 Å². The molecule has 0 atom stereocenters. The van der Waals surface area contributed by atoms with Gasteiger partial charge in [-0.05, 0) is 55.7 Å². The maximum Gasteiger partial charge on any atom is 0.251 e. The van der Waals surface area contributed by atoms with Gasteiger partial charge in [-0.25, -0.2) is 4.98 Å². The molecule has 1 aromatic carbocycles. The molecule has 0 aliphatic heterocycles. The quantitative estimate of drug-likeness (QED) is 0.805. The van der Waals surface area contributed by atoms with Gasteiger partial charge in [0.1, 0.15) is 5.52 Å². The molecule has 1 saturated carbocycles. The lowest BCUT2D eigenvalue weighted by molar-refractivity contribution is 0.0938. The number of rotatable bonds is 3. The fourth-order valence-electron chi connectivity index (χ4n) is 3.30. The van der Waals surface area contributed by atoms with Gasteiger partial charge in [-0.15, -0.1) is 5.10 Å². The zero-order valence-electron chi connectivity index (χ0n) is 13.6. The van der Waals surface area contributed by atoms with E-state index in [0.717, 1.165) is 29.6 Å². The minimum absolute atomic E-state index is 0.00174. The van der Waals surface area contributed by atoms with Crippen LogP contribution in [0.25, 0.3) is 16.9 Å². The van der Waals surface area contributed by atoms with E-state index < -0.39 is 0 Å². The van der Waals surface area contributed by atoms with Crippen molar-refractivity contribution in [3.63, 3.8) is 0 Å². The van der Waals surface area contributed by atoms with Crippen LogP contribution < -0.4 is 5.32 Å². The summed E-state index contributed by atoms with van der Waals surface area (Å²) in [5.41, 5.74) is 3.99. The minimum atomic E-state index is -0.00174. The van der Waals surface area contributed by atoms with E-state index in [1.807, 2.05) is 37.3 Å². The van der Waals surface area contributed by atoms with E-state index in [1.54, 1.807) is 10.9 Å². The van der Waals surface area contributed by atoms with E-state index in [4.69, 9.17) is 0 Å². The maximum absolute atomic E-state index is 12.4. The lowest BCUT2D eigenvalue weighted by atomic mass is 10.1. The van der Waals surface area contributed by atoms with E-state index in [2.05, 4.69) is 20.6 Å². The molecule has 3 aromatic rings. The molecule has 1 aliphatic carbocycles. The number of amides is 1. The summed E-state index contributed by atoms with van der Waals surface area (Å²) in [5, 5.41) is 11.4. The Balaban J connectivity index is 1.63. The van der Waals surface area contributed by atoms with Crippen LogP contribution in [0.3, 0.4) is 0 Å². The van der Waals surface area contributed by atoms with Gasteiger partial charge in [-0.3, -0.25) is 4.79 Å². The van der Waals surface area contributed by atoms with Crippen molar-refractivity contribution in [1.29, 1.82) is 0 Å². The summed E-state index contributed by atoms with van der Waals surface area (Å²) in [6.45, 7) is 1.97. The third-order valence-corrected chi connectivity index (χ3v) is 4.59. The van der Waals surface area contributed by atoms with Gasteiger partial charge in [0.25, 0.3) is 5.91 Å². The molecule has 4 rings (SSSR count). The number of nitrogens with one attached hydrogen (secondary N) is 1. The molecule has 2 heterocycles. The van der Waals surface area contributed by atoms with Crippen LogP contribution in [0.2, 0.25) is 0 Å². The fraction of sp³-hybridized carbons (Fsp3) is 0.333. The second-order valence-electron chi connectivity index (χ2n) is 6.30. The summed E-state index contributed by atoms with van der Waals surface area (Å²) >= 11 is 0. The molecule has 0 spiro atoms. The predicted molar refractivity (Wildman–Crippen MR) is 91.1 cm³/mol. The second-order valence-corrected chi connectivity index (χ2v) is 6.30. The number of carbonyl (C=O) groups excluding carboxylic acids is 1. The molecule has 0 bridgehead atoms. The molecular weight excluding hydrogens is 302 g/mol. The van der Waals surface area contributed by atoms with Crippen LogP contribution in [0.15, 0.2) is 36.5 Å². The van der Waals surface area contributed by atoms with Gasteiger partial charge >= 0.3 is 0 Å². The van der Waals surface area contributed by atoms with Crippen molar-refractivity contribution < 1.29 is 4.79 Å². The van der Waals surface area contributed by atoms with Gasteiger partial charge < -0.3 is 5.32 Å². The van der Waals surface area contributed by atoms with Gasteiger partial charge in [0.2, 0.25) is 0 Å². The Morgan fingerprint density at radius 1 is 1.25 bits per heavy atom. The molecule has 1 amide bonds. The predicted octanol–water partition coefficient (Wildman–Crippen LogP) is 2.80. The molecule has 0 radical (unpaired) electrons. The highest BCUT2D eigenvalue weighted by atomic mass is 16.1. The van der Waals surface area contributed by atoms with Crippen molar-refractivity contribution in [2.75, 3.05) is 0 Å². The third kappa shape index (κ3) is 2.64. The van der Waals surface area contributed by atoms with Crippen LogP contribution in [0.1, 0.15) is 41.6 Å². The third-order valence-electron chi connectivity index (χ3n) is 4.59. The number of carbonyl (C=O) groups is 1. The molecule has 0 saturated heterocycles. The molecule has 24 heavy (non-hydrogen) atoms. The topological polar surface area (TPSA) is 72.7 Å². The normalized spacial score (nSPS) is 15.0. The monoisotopic (exact) mass is 321 g/mol. The first-order valence-corrected chi connectivity index (χ1v) is 8.31. The van der Waals surface area contributed by atoms with Gasteiger partial charge in [-0.1, -0.05) is 18.1 Å². The smallest absolute Gasteiger partial charge is 0.251 e. The molecule has 6 heteroatoms. The highest BCUT2D eigenvalue weighted by Crippen LogP contribution is 2.21. The molecule has 1 fully saturated rings. The average Bonchev–Trinajstić information content (AvgIpc) is 3.24. The number of hydrogen-bond donors (Lipinski definition) is 1. The number of nitrogens with zero attached hydrogens (tertiary/aromatic N) is 4. The summed E-state index contributed by atoms with van der Waals surface area (Å²) in [7, 11) is 0. The van der Waals surface area contributed by atoms with Crippen molar-refractivity contribution in [2.24, 2.45) is 0 Å². The highest BCUT2D eigenvalue weighted by molar-refractivity contribution is 5.95. The zero-order chi connectivity index (χ0) is 16.5. The molecule has 0 unspecified atom stereocenters. The summed E-state index contributed by atoms with van der Waals surface area (Å²) < 4.78 is 1.71. The van der Waals surface area contributed by atoms with E-state index in [-0.39, 0.29) is 5.91 Å². The Labute approximate surface area is 139 Å². The number of pyridine rings is 1. The molecule has 6 nitrogen and oxygen atoms in total. The van der Waals surface area contributed by atoms with Gasteiger partial charge in [0.15, 0.2) is 5.65 Å². The summed E-state index contributed by atoms with van der Waals surface area (Å²) in [4.78, 5) is 16.7. The first-order valence-electron chi connectivity index (χ1n) is 8.31. The van der Waals surface area contributed by atoms with Crippen molar-refractivity contribution in [2.45, 2.75) is 38.6 Å². The molecule has 1 aliphatic rings. The molecular formula is C18H19N5O. The van der Waals surface area contributed by atoms with Crippen LogP contribution in [-0.2, 0) is 0 Å². The first-order chi connectivity index (χ1) is 11.7. The van der Waals surface area contributed by atoms with Gasteiger partial charge in [0.05, 0.1) is 5.69 Å². The molecule has 1 N–H and O–H groups in total. The highest BCUT2D eigenvalue weighted by Gasteiger charge is 2.18. The second kappa shape index (κ2) is 6.03. The summed E-state index contributed by atoms with van der Waals surface area (Å²) in [6.07, 6.45) is 6.30. The number of benzene rings is 1. The maximum atomic E-state index is 12.4. The number of aromatic nitrogens is 4. The van der Waals surface area contributed by atoms with Crippen molar-refractivity contribution in [1.82, 2.24) is 25.3 Å². The fourth-order valence-corrected chi connectivity index (χ4v) is 3.30. The van der Waals surface area contributed by atoms with Crippen molar-refractivity contribution >= 4 is 17.1 Å². The van der Waals surface area contributed by atoms with E-state index in [9.17, 15) is 4.79 Å². The Morgan fingerprint density at radius 3 is 2.88 bits per heavy atom. The Bertz CT molecular complexity index is 895. The van der Waals surface area contributed by atoms with Crippen LogP contribution in [0.4, 0.5) is 0 Å². The van der Waals surface area contributed by atoms with E-state index in [1.165, 1.54) is 12.8 Å². The minimum Gasteiger partial charge on any atom is -0.349 e. The largest absolute Gasteiger partial charge is 0.349 e. The summed E-state index contributed by atoms with van der Waals surface area (Å²) in [5.74, 6) is -0.00174. The Kier molecular flexibility index (Phi) is 3.72. The SMILES string of the molecule is Cc1cc(C(=O)NC2CCCC2)ccc1-n1nnc2cccnc21. The van der Waals surface area contributed by atoms with Crippen molar-refractivity contribution in [3.8, 4) is 5.69 Å². The molecule has 2 aromatic heterocycles. The van der Waals surface area contributed by atoms with Gasteiger partial charge in [0, 0.05) is 17.8 Å². The number of fused-ring (bicyclic) bond motifs is 1. The van der Waals surface area contributed by atoms with Crippen LogP contribution in [0.5, 0.6) is 0 Å². The lowest BCUT2D eigenvalue weighted by Crippen LogP contribution is -2.32. The van der Waals surface area contributed by atoms with E-state index >= 15 is 0 Å². The standard InChI is InChI=1S/C18H19N5O/c1-12-11-13(18(24)20-14-5-2-3-6-14)8-9-16(12)23-17-15(21-22-23)7-4-10-19-17/h4,7-11,14H,2-3,5-6H2,1H3,(H,20,24).